The van der Waals surface area contributed by atoms with Crippen molar-refractivity contribution in [3.63, 3.8) is 0 Å². The molecule has 9 rings (SSSR count). The fraction of sp³-hybridized carbons (Fsp3) is 0.208. The molecule has 2 fully saturated rings. The molecule has 246 valence electrons. The third-order valence-electron chi connectivity index (χ3n) is 11.0. The summed E-state index contributed by atoms with van der Waals surface area (Å²) in [6.45, 7) is 4.51. The second kappa shape index (κ2) is 13.5. The lowest BCUT2D eigenvalue weighted by molar-refractivity contribution is 0.578. The first-order valence-corrected chi connectivity index (χ1v) is 18.7. The van der Waals surface area contributed by atoms with E-state index >= 15 is 0 Å². The van der Waals surface area contributed by atoms with Crippen molar-refractivity contribution in [3.05, 3.63) is 146 Å². The van der Waals surface area contributed by atoms with Crippen LogP contribution < -0.4 is 9.80 Å². The van der Waals surface area contributed by atoms with E-state index in [1.54, 1.807) is 0 Å². The monoisotopic (exact) mass is 648 g/mol. The topological polar surface area (TPSA) is 6.48 Å². The molecule has 0 amide bonds. The van der Waals surface area contributed by atoms with Gasteiger partial charge in [0, 0.05) is 37.6 Å². The highest BCUT2D eigenvalue weighted by atomic mass is 15.1. The molecule has 0 N–H and O–H groups in total. The molecule has 0 aromatic heterocycles. The lowest BCUT2D eigenvalue weighted by Gasteiger charge is -2.30. The van der Waals surface area contributed by atoms with Gasteiger partial charge >= 0.3 is 0 Å². The molecule has 2 aliphatic heterocycles. The third-order valence-corrected chi connectivity index (χ3v) is 11.0. The Bertz CT molecular complexity index is 2110. The number of rotatable bonds is 6. The fourth-order valence-corrected chi connectivity index (χ4v) is 8.49. The zero-order valence-electron chi connectivity index (χ0n) is 28.8. The molecule has 7 aromatic carbocycles. The van der Waals surface area contributed by atoms with Gasteiger partial charge in [0.25, 0.3) is 0 Å². The van der Waals surface area contributed by atoms with Crippen LogP contribution in [-0.4, -0.2) is 26.2 Å². The first kappa shape index (κ1) is 30.7. The van der Waals surface area contributed by atoms with Gasteiger partial charge in [-0.15, -0.1) is 0 Å². The van der Waals surface area contributed by atoms with E-state index in [4.69, 9.17) is 0 Å². The molecule has 2 heteroatoms. The van der Waals surface area contributed by atoms with E-state index in [2.05, 4.69) is 155 Å². The molecular formula is C48H44N2. The summed E-state index contributed by atoms with van der Waals surface area (Å²) in [6, 6.07) is 54.7. The maximum Gasteiger partial charge on any atom is 0.0372 e. The van der Waals surface area contributed by atoms with E-state index < -0.39 is 0 Å². The summed E-state index contributed by atoms with van der Waals surface area (Å²) in [4.78, 5) is 5.21. The van der Waals surface area contributed by atoms with Crippen LogP contribution in [0.1, 0.15) is 38.5 Å². The Balaban J connectivity index is 1.35. The van der Waals surface area contributed by atoms with Gasteiger partial charge in [0.2, 0.25) is 0 Å². The Labute approximate surface area is 296 Å². The molecule has 7 aromatic rings. The summed E-state index contributed by atoms with van der Waals surface area (Å²) in [6.07, 6.45) is 7.70. The molecular weight excluding hydrogens is 605 g/mol. The van der Waals surface area contributed by atoms with E-state index in [1.807, 2.05) is 0 Å². The normalized spacial score (nSPS) is 15.1. The molecule has 2 heterocycles. The van der Waals surface area contributed by atoms with Gasteiger partial charge in [0.05, 0.1) is 0 Å². The Morgan fingerprint density at radius 2 is 0.660 bits per heavy atom. The van der Waals surface area contributed by atoms with Crippen LogP contribution in [0.3, 0.4) is 0 Å². The lowest BCUT2D eigenvalue weighted by atomic mass is 9.84. The summed E-state index contributed by atoms with van der Waals surface area (Å²) < 4.78 is 0. The highest BCUT2D eigenvalue weighted by Crippen LogP contribution is 2.47. The molecule has 0 aliphatic carbocycles. The van der Waals surface area contributed by atoms with Gasteiger partial charge in [-0.25, -0.2) is 0 Å². The van der Waals surface area contributed by atoms with Crippen molar-refractivity contribution < 1.29 is 0 Å². The van der Waals surface area contributed by atoms with Crippen molar-refractivity contribution in [1.29, 1.82) is 0 Å². The number of anilines is 2. The minimum Gasteiger partial charge on any atom is -0.372 e. The van der Waals surface area contributed by atoms with Crippen molar-refractivity contribution in [2.45, 2.75) is 38.5 Å². The fourth-order valence-electron chi connectivity index (χ4n) is 8.49. The third kappa shape index (κ3) is 5.83. The number of fused-ring (bicyclic) bond motifs is 2. The summed E-state index contributed by atoms with van der Waals surface area (Å²) >= 11 is 0. The van der Waals surface area contributed by atoms with Crippen LogP contribution >= 0.6 is 0 Å². The minimum atomic E-state index is 1.13. The summed E-state index contributed by atoms with van der Waals surface area (Å²) in [5.41, 5.74) is 12.9. The molecule has 2 nitrogen and oxygen atoms in total. The molecule has 0 saturated carbocycles. The highest BCUT2D eigenvalue weighted by Gasteiger charge is 2.21. The first-order valence-electron chi connectivity index (χ1n) is 18.7. The van der Waals surface area contributed by atoms with Crippen molar-refractivity contribution >= 4 is 32.9 Å². The second-order valence-electron chi connectivity index (χ2n) is 14.2. The van der Waals surface area contributed by atoms with Crippen LogP contribution in [0.4, 0.5) is 11.4 Å². The maximum atomic E-state index is 2.60. The second-order valence-corrected chi connectivity index (χ2v) is 14.2. The van der Waals surface area contributed by atoms with E-state index in [0.717, 1.165) is 26.2 Å². The Morgan fingerprint density at radius 1 is 0.280 bits per heavy atom. The van der Waals surface area contributed by atoms with E-state index in [-0.39, 0.29) is 0 Å². The van der Waals surface area contributed by atoms with Crippen molar-refractivity contribution in [2.75, 3.05) is 36.0 Å². The van der Waals surface area contributed by atoms with Crippen LogP contribution in [0.2, 0.25) is 0 Å². The molecule has 0 atom stereocenters. The van der Waals surface area contributed by atoms with Crippen molar-refractivity contribution in [1.82, 2.24) is 0 Å². The largest absolute Gasteiger partial charge is 0.372 e. The zero-order chi connectivity index (χ0) is 33.3. The van der Waals surface area contributed by atoms with Crippen molar-refractivity contribution in [2.24, 2.45) is 0 Å². The van der Waals surface area contributed by atoms with Gasteiger partial charge in [-0.3, -0.25) is 0 Å². The molecule has 0 bridgehead atoms. The number of benzene rings is 7. The molecule has 0 spiro atoms. The van der Waals surface area contributed by atoms with Crippen LogP contribution in [-0.2, 0) is 0 Å². The number of piperidine rings is 2. The average Bonchev–Trinajstić information content (AvgIpc) is 3.21. The molecule has 50 heavy (non-hydrogen) atoms. The Morgan fingerprint density at radius 3 is 1.08 bits per heavy atom. The SMILES string of the molecule is c1ccc(-c2cccc(-c3c4ccc(N5CCCCC5)cc4c(-c4cccc(-c5ccccc5)c4)c4ccc(N5CCCCC5)cc34)c2)cc1. The predicted molar refractivity (Wildman–Crippen MR) is 215 cm³/mol. The summed E-state index contributed by atoms with van der Waals surface area (Å²) in [5.74, 6) is 0. The van der Waals surface area contributed by atoms with Crippen molar-refractivity contribution in [3.8, 4) is 44.5 Å². The van der Waals surface area contributed by atoms with E-state index in [0.29, 0.717) is 0 Å². The molecule has 0 radical (unpaired) electrons. The van der Waals surface area contributed by atoms with E-state index in [1.165, 1.54) is 116 Å². The molecule has 2 aliphatic rings. The van der Waals surface area contributed by atoms with Gasteiger partial charge in [-0.2, -0.15) is 0 Å². The Hall–Kier alpha value is -5.34. The van der Waals surface area contributed by atoms with Gasteiger partial charge < -0.3 is 9.80 Å². The number of nitrogens with zero attached hydrogens (tertiary/aromatic N) is 2. The maximum absolute atomic E-state index is 2.60. The number of hydrogen-bond acceptors (Lipinski definition) is 2. The summed E-state index contributed by atoms with van der Waals surface area (Å²) in [7, 11) is 0. The van der Waals surface area contributed by atoms with Gasteiger partial charge in [-0.05, 0) is 141 Å². The minimum absolute atomic E-state index is 1.13. The smallest absolute Gasteiger partial charge is 0.0372 e. The van der Waals surface area contributed by atoms with Crippen LogP contribution in [0.15, 0.2) is 146 Å². The predicted octanol–water partition coefficient (Wildman–Crippen LogP) is 12.6. The molecule has 2 saturated heterocycles. The Kier molecular flexibility index (Phi) is 8.30. The summed E-state index contributed by atoms with van der Waals surface area (Å²) in [5, 5.41) is 5.30. The van der Waals surface area contributed by atoms with Gasteiger partial charge in [0.1, 0.15) is 0 Å². The van der Waals surface area contributed by atoms with Crippen LogP contribution in [0, 0.1) is 0 Å². The molecule has 0 unspecified atom stereocenters. The standard InChI is InChI=1S/C48H44N2/c1-5-15-35(16-6-1)37-19-13-21-39(31-37)47-43-25-23-42(50-29-11-4-12-30-50)34-46(43)48(40-22-14-20-38(32-40)36-17-7-2-8-18-36)44-26-24-41(33-45(44)47)49-27-9-3-10-28-49/h1-2,5-8,13-26,31-34H,3-4,9-12,27-30H2. The highest BCUT2D eigenvalue weighted by molar-refractivity contribution is 6.22. The van der Waals surface area contributed by atoms with Gasteiger partial charge in [-0.1, -0.05) is 109 Å². The van der Waals surface area contributed by atoms with Crippen LogP contribution in [0.25, 0.3) is 66.1 Å². The quantitative estimate of drug-likeness (QED) is 0.166. The van der Waals surface area contributed by atoms with Gasteiger partial charge in [0.15, 0.2) is 0 Å². The average molecular weight is 649 g/mol. The van der Waals surface area contributed by atoms with E-state index in [9.17, 15) is 0 Å². The first-order chi connectivity index (χ1) is 24.8. The zero-order valence-corrected chi connectivity index (χ0v) is 28.8. The number of hydrogen-bond donors (Lipinski definition) is 0. The lowest BCUT2D eigenvalue weighted by Crippen LogP contribution is -2.29. The van der Waals surface area contributed by atoms with Crippen LogP contribution in [0.5, 0.6) is 0 Å².